The minimum absolute atomic E-state index is 0.161. The quantitative estimate of drug-likeness (QED) is 0.583. The molecule has 2 aromatic carbocycles. The number of nitrogens with zero attached hydrogens (tertiary/aromatic N) is 4. The number of piperidine rings is 1. The first-order valence-electron chi connectivity index (χ1n) is 11.7. The average molecular weight is 474 g/mol. The first-order chi connectivity index (χ1) is 17.0. The van der Waals surface area contributed by atoms with Crippen molar-refractivity contribution in [2.45, 2.75) is 25.9 Å². The van der Waals surface area contributed by atoms with Crippen molar-refractivity contribution in [3.63, 3.8) is 0 Å². The van der Waals surface area contributed by atoms with Gasteiger partial charge in [0.05, 0.1) is 18.2 Å². The minimum Gasteiger partial charge on any atom is -0.487 e. The van der Waals surface area contributed by atoms with E-state index in [4.69, 9.17) is 4.74 Å². The standard InChI is InChI=1S/C26H27N5O4/c1-17-16-31(26(34)29-21-5-3-2-4-6-21)22-8-7-19(13-23(22)35-17)20-14-27-25(28-15-20)30-11-9-18(10-12-30)24(32)33/h2-8,13-15,17-18H,9-12,16H2,1H3,(H,29,34)(H,32,33). The van der Waals surface area contributed by atoms with E-state index in [2.05, 4.69) is 15.3 Å². The molecule has 0 spiro atoms. The van der Waals surface area contributed by atoms with Gasteiger partial charge in [0, 0.05) is 36.7 Å². The van der Waals surface area contributed by atoms with Gasteiger partial charge in [-0.3, -0.25) is 9.69 Å². The number of hydrogen-bond acceptors (Lipinski definition) is 6. The molecule has 2 aliphatic heterocycles. The minimum atomic E-state index is -0.735. The number of carboxylic acid groups (broad SMARTS) is 1. The van der Waals surface area contributed by atoms with Gasteiger partial charge < -0.3 is 20.1 Å². The molecule has 180 valence electrons. The number of carbonyl (C=O) groups is 2. The number of fused-ring (bicyclic) bond motifs is 1. The van der Waals surface area contributed by atoms with Crippen LogP contribution in [0, 0.1) is 5.92 Å². The topological polar surface area (TPSA) is 108 Å². The fraction of sp³-hybridized carbons (Fsp3) is 0.308. The summed E-state index contributed by atoms with van der Waals surface area (Å²) >= 11 is 0. The second-order valence-electron chi connectivity index (χ2n) is 8.89. The molecule has 9 nitrogen and oxygen atoms in total. The zero-order valence-electron chi connectivity index (χ0n) is 19.4. The van der Waals surface area contributed by atoms with E-state index in [1.807, 2.05) is 60.4 Å². The van der Waals surface area contributed by atoms with Gasteiger partial charge in [-0.15, -0.1) is 0 Å². The van der Waals surface area contributed by atoms with E-state index in [1.165, 1.54) is 0 Å². The molecule has 2 N–H and O–H groups in total. The number of aromatic nitrogens is 2. The number of urea groups is 1. The molecule has 1 fully saturated rings. The van der Waals surface area contributed by atoms with Gasteiger partial charge in [-0.1, -0.05) is 24.3 Å². The zero-order valence-corrected chi connectivity index (χ0v) is 19.4. The van der Waals surface area contributed by atoms with E-state index in [0.29, 0.717) is 49.9 Å². The van der Waals surface area contributed by atoms with Gasteiger partial charge in [-0.2, -0.15) is 0 Å². The van der Waals surface area contributed by atoms with E-state index >= 15 is 0 Å². The van der Waals surface area contributed by atoms with Crippen molar-refractivity contribution in [1.82, 2.24) is 9.97 Å². The van der Waals surface area contributed by atoms with Crippen LogP contribution in [0.2, 0.25) is 0 Å². The highest BCUT2D eigenvalue weighted by atomic mass is 16.5. The molecular weight excluding hydrogens is 446 g/mol. The highest BCUT2D eigenvalue weighted by Crippen LogP contribution is 2.37. The van der Waals surface area contributed by atoms with Crippen LogP contribution in [0.15, 0.2) is 60.9 Å². The summed E-state index contributed by atoms with van der Waals surface area (Å²) in [6.45, 7) is 3.63. The van der Waals surface area contributed by atoms with Crippen molar-refractivity contribution >= 4 is 29.3 Å². The number of amides is 2. The van der Waals surface area contributed by atoms with Crippen molar-refractivity contribution in [2.24, 2.45) is 5.92 Å². The molecule has 0 saturated carbocycles. The van der Waals surface area contributed by atoms with E-state index < -0.39 is 5.97 Å². The van der Waals surface area contributed by atoms with Crippen LogP contribution in [0.4, 0.5) is 22.1 Å². The van der Waals surface area contributed by atoms with E-state index in [9.17, 15) is 14.7 Å². The Bertz CT molecular complexity index is 1210. The van der Waals surface area contributed by atoms with Gasteiger partial charge in [-0.25, -0.2) is 14.8 Å². The van der Waals surface area contributed by atoms with Gasteiger partial charge in [-0.05, 0) is 49.6 Å². The number of aliphatic carboxylic acids is 1. The summed E-state index contributed by atoms with van der Waals surface area (Å²) in [6.07, 6.45) is 4.55. The highest BCUT2D eigenvalue weighted by Gasteiger charge is 2.29. The molecule has 2 amide bonds. The predicted molar refractivity (Wildman–Crippen MR) is 133 cm³/mol. The molecule has 9 heteroatoms. The number of hydrogen-bond donors (Lipinski definition) is 2. The highest BCUT2D eigenvalue weighted by molar-refractivity contribution is 6.03. The van der Waals surface area contributed by atoms with Gasteiger partial charge in [0.2, 0.25) is 5.95 Å². The maximum absolute atomic E-state index is 13.0. The van der Waals surface area contributed by atoms with Crippen LogP contribution < -0.4 is 19.9 Å². The van der Waals surface area contributed by atoms with Crippen molar-refractivity contribution in [3.05, 3.63) is 60.9 Å². The second-order valence-corrected chi connectivity index (χ2v) is 8.89. The Morgan fingerprint density at radius 2 is 1.74 bits per heavy atom. The molecule has 2 aliphatic rings. The first kappa shape index (κ1) is 22.6. The normalized spacial score (nSPS) is 17.9. The summed E-state index contributed by atoms with van der Waals surface area (Å²) in [5.41, 5.74) is 3.16. The lowest BCUT2D eigenvalue weighted by Gasteiger charge is -2.33. The third kappa shape index (κ3) is 4.89. The van der Waals surface area contributed by atoms with E-state index in [-0.39, 0.29) is 18.1 Å². The fourth-order valence-corrected chi connectivity index (χ4v) is 4.49. The lowest BCUT2D eigenvalue weighted by atomic mass is 9.97. The number of carbonyl (C=O) groups excluding carboxylic acids is 1. The lowest BCUT2D eigenvalue weighted by Crippen LogP contribution is -2.44. The third-order valence-electron chi connectivity index (χ3n) is 6.39. The second kappa shape index (κ2) is 9.61. The van der Waals surface area contributed by atoms with Gasteiger partial charge in [0.25, 0.3) is 0 Å². The fourth-order valence-electron chi connectivity index (χ4n) is 4.49. The van der Waals surface area contributed by atoms with Crippen LogP contribution >= 0.6 is 0 Å². The van der Waals surface area contributed by atoms with Crippen molar-refractivity contribution in [1.29, 1.82) is 0 Å². The Morgan fingerprint density at radius 3 is 2.43 bits per heavy atom. The molecule has 0 radical (unpaired) electrons. The molecular formula is C26H27N5O4. The van der Waals surface area contributed by atoms with Gasteiger partial charge in [0.15, 0.2) is 0 Å². The van der Waals surface area contributed by atoms with Crippen LogP contribution in [0.1, 0.15) is 19.8 Å². The van der Waals surface area contributed by atoms with Crippen LogP contribution in [0.5, 0.6) is 5.75 Å². The molecule has 3 aromatic rings. The Hall–Kier alpha value is -4.14. The maximum Gasteiger partial charge on any atom is 0.326 e. The van der Waals surface area contributed by atoms with Crippen LogP contribution in [-0.2, 0) is 4.79 Å². The molecule has 1 saturated heterocycles. The Labute approximate surface area is 203 Å². The van der Waals surface area contributed by atoms with E-state index in [0.717, 1.165) is 16.8 Å². The summed E-state index contributed by atoms with van der Waals surface area (Å²) in [7, 11) is 0. The number of nitrogens with one attached hydrogen (secondary N) is 1. The number of carboxylic acids is 1. The number of rotatable bonds is 4. The maximum atomic E-state index is 13.0. The predicted octanol–water partition coefficient (Wildman–Crippen LogP) is 4.26. The molecule has 1 unspecified atom stereocenters. The Balaban J connectivity index is 1.32. The number of para-hydroxylation sites is 1. The van der Waals surface area contributed by atoms with Crippen LogP contribution in [0.25, 0.3) is 11.1 Å². The van der Waals surface area contributed by atoms with Gasteiger partial charge >= 0.3 is 12.0 Å². The van der Waals surface area contributed by atoms with Crippen molar-refractivity contribution in [2.75, 3.05) is 34.8 Å². The monoisotopic (exact) mass is 473 g/mol. The molecule has 1 aromatic heterocycles. The van der Waals surface area contributed by atoms with Crippen LogP contribution in [-0.4, -0.2) is 52.8 Å². The average Bonchev–Trinajstić information content (AvgIpc) is 2.88. The molecule has 1 atom stereocenters. The summed E-state index contributed by atoms with van der Waals surface area (Å²) in [4.78, 5) is 36.9. The number of anilines is 3. The molecule has 5 rings (SSSR count). The van der Waals surface area contributed by atoms with Crippen LogP contribution in [0.3, 0.4) is 0 Å². The summed E-state index contributed by atoms with van der Waals surface area (Å²) in [6, 6.07) is 14.9. The SMILES string of the molecule is CC1CN(C(=O)Nc2ccccc2)c2ccc(-c3cnc(N4CCC(C(=O)O)CC4)nc3)cc2O1. The van der Waals surface area contributed by atoms with E-state index in [1.54, 1.807) is 17.3 Å². The third-order valence-corrected chi connectivity index (χ3v) is 6.39. The molecule has 0 aliphatic carbocycles. The first-order valence-corrected chi connectivity index (χ1v) is 11.7. The number of benzene rings is 2. The summed E-state index contributed by atoms with van der Waals surface area (Å²) in [5.74, 6) is 0.201. The Morgan fingerprint density at radius 1 is 1.03 bits per heavy atom. The van der Waals surface area contributed by atoms with Crippen molar-refractivity contribution < 1.29 is 19.4 Å². The molecule has 0 bridgehead atoms. The van der Waals surface area contributed by atoms with Crippen molar-refractivity contribution in [3.8, 4) is 16.9 Å². The summed E-state index contributed by atoms with van der Waals surface area (Å²) in [5, 5.41) is 12.1. The zero-order chi connectivity index (χ0) is 24.4. The number of ether oxygens (including phenoxy) is 1. The van der Waals surface area contributed by atoms with Gasteiger partial charge in [0.1, 0.15) is 11.9 Å². The molecule has 35 heavy (non-hydrogen) atoms. The largest absolute Gasteiger partial charge is 0.487 e. The molecule has 3 heterocycles. The summed E-state index contributed by atoms with van der Waals surface area (Å²) < 4.78 is 6.05. The lowest BCUT2D eigenvalue weighted by molar-refractivity contribution is -0.142. The Kier molecular flexibility index (Phi) is 6.22. The smallest absolute Gasteiger partial charge is 0.326 e.